The Kier molecular flexibility index (Phi) is 2.06. The number of nitrogens with zero attached hydrogens (tertiary/aromatic N) is 3. The van der Waals surface area contributed by atoms with Crippen molar-refractivity contribution in [2.45, 2.75) is 6.92 Å². The molecule has 0 radical (unpaired) electrons. The molecule has 0 fully saturated rings. The van der Waals surface area contributed by atoms with E-state index >= 15 is 0 Å². The summed E-state index contributed by atoms with van der Waals surface area (Å²) in [6.45, 7) is 1.76. The van der Waals surface area contributed by atoms with Crippen LogP contribution in [0.3, 0.4) is 0 Å². The first-order chi connectivity index (χ1) is 6.77. The van der Waals surface area contributed by atoms with Crippen molar-refractivity contribution < 1.29 is 0 Å². The third-order valence-electron chi connectivity index (χ3n) is 1.73. The average Bonchev–Trinajstić information content (AvgIpc) is 2.18. The highest BCUT2D eigenvalue weighted by Crippen LogP contribution is 2.06. The van der Waals surface area contributed by atoms with Crippen LogP contribution in [-0.2, 0) is 0 Å². The second-order valence-corrected chi connectivity index (χ2v) is 2.76. The largest absolute Gasteiger partial charge is 0.326 e. The molecule has 0 atom stereocenters. The van der Waals surface area contributed by atoms with Crippen LogP contribution >= 0.6 is 0 Å². The summed E-state index contributed by atoms with van der Waals surface area (Å²) in [4.78, 5) is 25.9. The minimum Gasteiger partial charge on any atom is -0.326 e. The van der Waals surface area contributed by atoms with Gasteiger partial charge in [-0.05, 0) is 13.0 Å². The molecule has 1 N–H and O–H groups in total. The van der Waals surface area contributed by atoms with E-state index in [0.717, 1.165) is 0 Å². The third-order valence-corrected chi connectivity index (χ3v) is 1.73. The Balaban J connectivity index is 2.61. The van der Waals surface area contributed by atoms with Crippen LogP contribution in [0.2, 0.25) is 0 Å². The fourth-order valence-corrected chi connectivity index (χ4v) is 1.12. The molecule has 5 nitrogen and oxygen atoms in total. The van der Waals surface area contributed by atoms with Gasteiger partial charge in [-0.25, -0.2) is 15.0 Å². The maximum Gasteiger partial charge on any atom is 0.276 e. The maximum atomic E-state index is 11.4. The molecule has 0 saturated carbocycles. The monoisotopic (exact) mass is 188 g/mol. The molecule has 0 aromatic carbocycles. The highest BCUT2D eigenvalue weighted by Gasteiger charge is 2.04. The Morgan fingerprint density at radius 1 is 1.29 bits per heavy atom. The second kappa shape index (κ2) is 3.37. The molecule has 0 amide bonds. The van der Waals surface area contributed by atoms with Gasteiger partial charge in [0.1, 0.15) is 5.82 Å². The fraction of sp³-hybridized carbons (Fsp3) is 0.111. The number of H-pyrrole nitrogens is 1. The predicted molar refractivity (Wildman–Crippen MR) is 50.6 cm³/mol. The lowest BCUT2D eigenvalue weighted by molar-refractivity contribution is 1.04. The van der Waals surface area contributed by atoms with Crippen LogP contribution in [0.5, 0.6) is 0 Å². The molecule has 0 bridgehead atoms. The van der Waals surface area contributed by atoms with Crippen molar-refractivity contribution in [1.82, 2.24) is 19.9 Å². The van der Waals surface area contributed by atoms with Crippen LogP contribution in [0, 0.1) is 6.92 Å². The van der Waals surface area contributed by atoms with Crippen molar-refractivity contribution in [3.8, 4) is 11.4 Å². The summed E-state index contributed by atoms with van der Waals surface area (Å²) in [5, 5.41) is 0. The lowest BCUT2D eigenvalue weighted by atomic mass is 10.3. The first-order valence-electron chi connectivity index (χ1n) is 4.11. The van der Waals surface area contributed by atoms with Gasteiger partial charge in [0.05, 0.1) is 5.69 Å². The number of hydrogen-bond donors (Lipinski definition) is 1. The zero-order valence-corrected chi connectivity index (χ0v) is 7.56. The molecule has 0 aliphatic heterocycles. The molecule has 70 valence electrons. The van der Waals surface area contributed by atoms with Gasteiger partial charge in [-0.2, -0.15) is 0 Å². The molecule has 0 aliphatic rings. The van der Waals surface area contributed by atoms with E-state index in [0.29, 0.717) is 17.2 Å². The average molecular weight is 188 g/mol. The van der Waals surface area contributed by atoms with Crippen LogP contribution in [-0.4, -0.2) is 19.9 Å². The first kappa shape index (κ1) is 8.55. The van der Waals surface area contributed by atoms with E-state index in [4.69, 9.17) is 0 Å². The quantitative estimate of drug-likeness (QED) is 0.708. The standard InChI is InChI=1S/C9H8N4O/c1-6-10-3-2-7(13-6)8-9(14)12-5-4-11-8/h2-5H,1H3,(H,12,14). The minimum absolute atomic E-state index is 0.245. The van der Waals surface area contributed by atoms with E-state index in [9.17, 15) is 4.79 Å². The Labute approximate surface area is 79.9 Å². The van der Waals surface area contributed by atoms with Gasteiger partial charge in [-0.1, -0.05) is 0 Å². The highest BCUT2D eigenvalue weighted by atomic mass is 16.1. The Bertz CT molecular complexity index is 506. The number of aromatic amines is 1. The molecule has 0 saturated heterocycles. The van der Waals surface area contributed by atoms with E-state index in [2.05, 4.69) is 19.9 Å². The number of aromatic nitrogens is 4. The van der Waals surface area contributed by atoms with E-state index in [1.165, 1.54) is 12.4 Å². The highest BCUT2D eigenvalue weighted by molar-refractivity contribution is 5.51. The van der Waals surface area contributed by atoms with Crippen LogP contribution in [0.25, 0.3) is 11.4 Å². The smallest absolute Gasteiger partial charge is 0.276 e. The topological polar surface area (TPSA) is 71.5 Å². The molecule has 2 aromatic heterocycles. The Morgan fingerprint density at radius 3 is 2.86 bits per heavy atom. The van der Waals surface area contributed by atoms with Gasteiger partial charge in [0, 0.05) is 18.6 Å². The van der Waals surface area contributed by atoms with Crippen LogP contribution in [0.4, 0.5) is 0 Å². The molecule has 2 rings (SSSR count). The fourth-order valence-electron chi connectivity index (χ4n) is 1.12. The molecule has 2 heterocycles. The maximum absolute atomic E-state index is 11.4. The molecular weight excluding hydrogens is 180 g/mol. The van der Waals surface area contributed by atoms with Gasteiger partial charge < -0.3 is 4.98 Å². The van der Waals surface area contributed by atoms with Gasteiger partial charge in [-0.3, -0.25) is 4.79 Å². The van der Waals surface area contributed by atoms with E-state index in [-0.39, 0.29) is 5.56 Å². The van der Waals surface area contributed by atoms with E-state index in [1.54, 1.807) is 19.2 Å². The van der Waals surface area contributed by atoms with Gasteiger partial charge >= 0.3 is 0 Å². The summed E-state index contributed by atoms with van der Waals surface area (Å²) in [6.07, 6.45) is 4.61. The van der Waals surface area contributed by atoms with Crippen molar-refractivity contribution in [2.75, 3.05) is 0 Å². The molecule has 14 heavy (non-hydrogen) atoms. The Morgan fingerprint density at radius 2 is 2.14 bits per heavy atom. The van der Waals surface area contributed by atoms with Crippen LogP contribution in [0.15, 0.2) is 29.5 Å². The second-order valence-electron chi connectivity index (χ2n) is 2.76. The van der Waals surface area contributed by atoms with E-state index < -0.39 is 0 Å². The zero-order valence-electron chi connectivity index (χ0n) is 7.56. The van der Waals surface area contributed by atoms with Crippen molar-refractivity contribution in [1.29, 1.82) is 0 Å². The van der Waals surface area contributed by atoms with Crippen LogP contribution in [0.1, 0.15) is 5.82 Å². The van der Waals surface area contributed by atoms with Gasteiger partial charge in [0.2, 0.25) is 0 Å². The SMILES string of the molecule is Cc1nccc(-c2ncc[nH]c2=O)n1. The molecule has 0 unspecified atom stereocenters. The van der Waals surface area contributed by atoms with Crippen molar-refractivity contribution in [2.24, 2.45) is 0 Å². The third kappa shape index (κ3) is 1.52. The summed E-state index contributed by atoms with van der Waals surface area (Å²) in [6, 6.07) is 1.66. The Hall–Kier alpha value is -2.04. The number of aryl methyl sites for hydroxylation is 1. The van der Waals surface area contributed by atoms with E-state index in [1.807, 2.05) is 0 Å². The van der Waals surface area contributed by atoms with Crippen LogP contribution < -0.4 is 5.56 Å². The van der Waals surface area contributed by atoms with Crippen molar-refractivity contribution in [3.63, 3.8) is 0 Å². The summed E-state index contributed by atoms with van der Waals surface area (Å²) in [7, 11) is 0. The molecular formula is C9H8N4O. The lowest BCUT2D eigenvalue weighted by Gasteiger charge is -1.97. The summed E-state index contributed by atoms with van der Waals surface area (Å²) >= 11 is 0. The minimum atomic E-state index is -0.245. The van der Waals surface area contributed by atoms with Crippen molar-refractivity contribution in [3.05, 3.63) is 40.8 Å². The molecule has 0 spiro atoms. The normalized spacial score (nSPS) is 10.1. The number of nitrogens with one attached hydrogen (secondary N) is 1. The lowest BCUT2D eigenvalue weighted by Crippen LogP contribution is -2.10. The summed E-state index contributed by atoms with van der Waals surface area (Å²) < 4.78 is 0. The van der Waals surface area contributed by atoms with Crippen molar-refractivity contribution >= 4 is 0 Å². The summed E-state index contributed by atoms with van der Waals surface area (Å²) in [5.41, 5.74) is 0.614. The first-order valence-corrected chi connectivity index (χ1v) is 4.11. The zero-order chi connectivity index (χ0) is 9.97. The molecule has 0 aliphatic carbocycles. The molecule has 5 heteroatoms. The van der Waals surface area contributed by atoms with Gasteiger partial charge in [0.15, 0.2) is 5.69 Å². The number of rotatable bonds is 1. The van der Waals surface area contributed by atoms with Gasteiger partial charge in [0.25, 0.3) is 5.56 Å². The molecule has 2 aromatic rings. The number of hydrogen-bond acceptors (Lipinski definition) is 4. The summed E-state index contributed by atoms with van der Waals surface area (Å²) in [5.74, 6) is 0.618. The predicted octanol–water partition coefficient (Wildman–Crippen LogP) is 0.535. The van der Waals surface area contributed by atoms with Gasteiger partial charge in [-0.15, -0.1) is 0 Å².